The van der Waals surface area contributed by atoms with E-state index in [-0.39, 0.29) is 0 Å². The number of hydrogen-bond donors (Lipinski definition) is 1. The van der Waals surface area contributed by atoms with Crippen molar-refractivity contribution >= 4 is 0 Å². The van der Waals surface area contributed by atoms with Crippen LogP contribution < -0.4 is 0 Å². The topological polar surface area (TPSA) is 67.1 Å². The molecule has 1 saturated carbocycles. The Bertz CT molecular complexity index is 380. The van der Waals surface area contributed by atoms with Crippen LogP contribution in [0.15, 0.2) is 0 Å². The monoisotopic (exact) mass is 223 g/mol. The van der Waals surface area contributed by atoms with E-state index in [0.717, 1.165) is 31.9 Å². The van der Waals surface area contributed by atoms with Crippen LogP contribution in [0.3, 0.4) is 0 Å². The van der Waals surface area contributed by atoms with E-state index in [9.17, 15) is 5.11 Å². The van der Waals surface area contributed by atoms with Crippen LogP contribution in [0.25, 0.3) is 0 Å². The van der Waals surface area contributed by atoms with Crippen molar-refractivity contribution in [3.63, 3.8) is 0 Å². The summed E-state index contributed by atoms with van der Waals surface area (Å²) in [4.78, 5) is 2.19. The Labute approximate surface area is 94.2 Å². The predicted molar refractivity (Wildman–Crippen MR) is 56.6 cm³/mol. The fraction of sp³-hybridized carbons (Fsp3) is 0.900. The summed E-state index contributed by atoms with van der Waals surface area (Å²) in [7, 11) is 0. The first-order valence-corrected chi connectivity index (χ1v) is 5.92. The molecular formula is C10H17N5O. The standard InChI is InChI=1S/C10H17N5O/c1-2-10(16)6-14(7-10)5-9-11-12-13-15(9)8-3-4-8/h8,16H,2-7H2,1H3. The molecule has 0 unspecified atom stereocenters. The molecule has 0 radical (unpaired) electrons. The number of β-amino-alcohol motifs (C(OH)–C–C–N with tert-alkyl or cyclic N) is 1. The minimum absolute atomic E-state index is 0.474. The molecule has 6 heteroatoms. The first-order valence-electron chi connectivity index (χ1n) is 5.92. The van der Waals surface area contributed by atoms with Crippen LogP contribution in [-0.4, -0.2) is 48.9 Å². The zero-order valence-corrected chi connectivity index (χ0v) is 9.50. The third kappa shape index (κ3) is 1.72. The van der Waals surface area contributed by atoms with Crippen LogP contribution >= 0.6 is 0 Å². The Kier molecular flexibility index (Phi) is 2.22. The molecule has 0 aromatic carbocycles. The summed E-state index contributed by atoms with van der Waals surface area (Å²) in [6, 6.07) is 0.524. The minimum atomic E-state index is -0.474. The van der Waals surface area contributed by atoms with Crippen molar-refractivity contribution in [2.24, 2.45) is 0 Å². The van der Waals surface area contributed by atoms with Crippen LogP contribution in [0.2, 0.25) is 0 Å². The van der Waals surface area contributed by atoms with Gasteiger partial charge in [0.2, 0.25) is 0 Å². The van der Waals surface area contributed by atoms with Crippen LogP contribution in [0, 0.1) is 0 Å². The van der Waals surface area contributed by atoms with Gasteiger partial charge >= 0.3 is 0 Å². The molecule has 6 nitrogen and oxygen atoms in total. The van der Waals surface area contributed by atoms with Crippen LogP contribution in [-0.2, 0) is 6.54 Å². The number of rotatable bonds is 4. The van der Waals surface area contributed by atoms with Gasteiger partial charge in [-0.05, 0) is 29.7 Å². The highest BCUT2D eigenvalue weighted by Gasteiger charge is 2.40. The molecule has 0 amide bonds. The van der Waals surface area contributed by atoms with E-state index in [4.69, 9.17) is 0 Å². The molecule has 2 heterocycles. The van der Waals surface area contributed by atoms with Gasteiger partial charge in [-0.15, -0.1) is 5.10 Å². The lowest BCUT2D eigenvalue weighted by molar-refractivity contribution is -0.104. The Morgan fingerprint density at radius 2 is 2.19 bits per heavy atom. The van der Waals surface area contributed by atoms with Gasteiger partial charge in [-0.25, -0.2) is 4.68 Å². The molecular weight excluding hydrogens is 206 g/mol. The second kappa shape index (κ2) is 3.49. The molecule has 16 heavy (non-hydrogen) atoms. The lowest BCUT2D eigenvalue weighted by Crippen LogP contribution is -2.60. The van der Waals surface area contributed by atoms with Gasteiger partial charge < -0.3 is 5.11 Å². The first-order chi connectivity index (χ1) is 7.70. The lowest BCUT2D eigenvalue weighted by atomic mass is 9.91. The van der Waals surface area contributed by atoms with E-state index < -0.39 is 5.60 Å². The predicted octanol–water partition coefficient (Wildman–Crippen LogP) is -0.0353. The van der Waals surface area contributed by atoms with E-state index in [1.165, 1.54) is 12.8 Å². The number of hydrogen-bond acceptors (Lipinski definition) is 5. The van der Waals surface area contributed by atoms with Crippen molar-refractivity contribution < 1.29 is 5.11 Å². The average Bonchev–Trinajstić information content (AvgIpc) is 2.97. The van der Waals surface area contributed by atoms with Gasteiger partial charge in [0.05, 0.1) is 18.2 Å². The Hall–Kier alpha value is -1.01. The Morgan fingerprint density at radius 1 is 1.44 bits per heavy atom. The van der Waals surface area contributed by atoms with Gasteiger partial charge in [0, 0.05) is 13.1 Å². The van der Waals surface area contributed by atoms with E-state index in [2.05, 4.69) is 20.4 Å². The fourth-order valence-electron chi connectivity index (χ4n) is 2.24. The quantitative estimate of drug-likeness (QED) is 0.776. The van der Waals surface area contributed by atoms with Gasteiger partial charge in [-0.1, -0.05) is 6.92 Å². The molecule has 1 N–H and O–H groups in total. The molecule has 0 atom stereocenters. The fourth-order valence-corrected chi connectivity index (χ4v) is 2.24. The molecule has 0 spiro atoms. The SMILES string of the molecule is CCC1(O)CN(Cc2nnnn2C2CC2)C1. The molecule has 1 aromatic heterocycles. The average molecular weight is 223 g/mol. The summed E-state index contributed by atoms with van der Waals surface area (Å²) in [5, 5.41) is 21.7. The highest BCUT2D eigenvalue weighted by atomic mass is 16.3. The molecule has 1 aliphatic carbocycles. The molecule has 3 rings (SSSR count). The Morgan fingerprint density at radius 3 is 2.81 bits per heavy atom. The highest BCUT2D eigenvalue weighted by Crippen LogP contribution is 2.35. The third-order valence-corrected chi connectivity index (χ3v) is 3.51. The molecule has 88 valence electrons. The smallest absolute Gasteiger partial charge is 0.165 e. The van der Waals surface area contributed by atoms with Crippen LogP contribution in [0.5, 0.6) is 0 Å². The maximum Gasteiger partial charge on any atom is 0.165 e. The van der Waals surface area contributed by atoms with E-state index in [1.54, 1.807) is 0 Å². The first kappa shape index (κ1) is 10.2. The largest absolute Gasteiger partial charge is 0.387 e. The zero-order chi connectivity index (χ0) is 11.2. The van der Waals surface area contributed by atoms with Crippen molar-refractivity contribution in [2.45, 2.75) is 44.4 Å². The maximum atomic E-state index is 9.91. The Balaban J connectivity index is 1.61. The summed E-state index contributed by atoms with van der Waals surface area (Å²) in [6.07, 6.45) is 3.20. The van der Waals surface area contributed by atoms with E-state index >= 15 is 0 Å². The summed E-state index contributed by atoms with van der Waals surface area (Å²) in [5.41, 5.74) is -0.474. The summed E-state index contributed by atoms with van der Waals surface area (Å²) in [6.45, 7) is 4.25. The third-order valence-electron chi connectivity index (χ3n) is 3.51. The minimum Gasteiger partial charge on any atom is -0.387 e. The number of aliphatic hydroxyl groups is 1. The summed E-state index contributed by atoms with van der Waals surface area (Å²) >= 11 is 0. The van der Waals surface area contributed by atoms with Gasteiger partial charge in [0.25, 0.3) is 0 Å². The van der Waals surface area contributed by atoms with E-state index in [0.29, 0.717) is 6.04 Å². The lowest BCUT2D eigenvalue weighted by Gasteiger charge is -2.45. The van der Waals surface area contributed by atoms with Crippen LogP contribution in [0.1, 0.15) is 38.1 Å². The second-order valence-electron chi connectivity index (χ2n) is 4.99. The molecule has 1 aromatic rings. The van der Waals surface area contributed by atoms with Crippen molar-refractivity contribution in [1.29, 1.82) is 0 Å². The molecule has 2 aliphatic rings. The molecule has 1 aliphatic heterocycles. The van der Waals surface area contributed by atoms with Crippen molar-refractivity contribution in [2.75, 3.05) is 13.1 Å². The van der Waals surface area contributed by atoms with Gasteiger partial charge in [0.15, 0.2) is 5.82 Å². The second-order valence-corrected chi connectivity index (χ2v) is 4.99. The van der Waals surface area contributed by atoms with Crippen molar-refractivity contribution in [1.82, 2.24) is 25.1 Å². The number of likely N-dealkylation sites (tertiary alicyclic amines) is 1. The number of aromatic nitrogens is 4. The summed E-state index contributed by atoms with van der Waals surface area (Å²) < 4.78 is 1.93. The van der Waals surface area contributed by atoms with Crippen LogP contribution in [0.4, 0.5) is 0 Å². The van der Waals surface area contributed by atoms with Gasteiger partial charge in [-0.3, -0.25) is 4.90 Å². The molecule has 0 bridgehead atoms. The normalized spacial score (nSPS) is 24.4. The van der Waals surface area contributed by atoms with Gasteiger partial charge in [0.1, 0.15) is 0 Å². The van der Waals surface area contributed by atoms with Crippen molar-refractivity contribution in [3.8, 4) is 0 Å². The van der Waals surface area contributed by atoms with Gasteiger partial charge in [-0.2, -0.15) is 0 Å². The maximum absolute atomic E-state index is 9.91. The zero-order valence-electron chi connectivity index (χ0n) is 9.50. The number of tetrazole rings is 1. The van der Waals surface area contributed by atoms with Crippen molar-refractivity contribution in [3.05, 3.63) is 5.82 Å². The number of nitrogens with zero attached hydrogens (tertiary/aromatic N) is 5. The molecule has 1 saturated heterocycles. The van der Waals surface area contributed by atoms with E-state index in [1.807, 2.05) is 11.6 Å². The highest BCUT2D eigenvalue weighted by molar-refractivity contribution is 4.98. The molecule has 2 fully saturated rings. The summed E-state index contributed by atoms with van der Waals surface area (Å²) in [5.74, 6) is 0.931.